The number of carboxylic acids is 1. The molecular formula is C21H27NO4. The van der Waals surface area contributed by atoms with Gasteiger partial charge in [-0.25, -0.2) is 0 Å². The normalized spacial score (nSPS) is 12.0. The van der Waals surface area contributed by atoms with Gasteiger partial charge in [-0.3, -0.25) is 4.79 Å². The second-order valence-corrected chi connectivity index (χ2v) is 6.66. The van der Waals surface area contributed by atoms with Crippen LogP contribution < -0.4 is 14.8 Å². The predicted molar refractivity (Wildman–Crippen MR) is 101 cm³/mol. The summed E-state index contributed by atoms with van der Waals surface area (Å²) in [4.78, 5) is 11.4. The number of carboxylic acid groups (broad SMARTS) is 1. The van der Waals surface area contributed by atoms with Gasteiger partial charge in [-0.15, -0.1) is 0 Å². The van der Waals surface area contributed by atoms with Crippen LogP contribution in [0.5, 0.6) is 11.5 Å². The van der Waals surface area contributed by atoms with Crippen molar-refractivity contribution < 1.29 is 19.4 Å². The Bertz CT molecular complexity index is 700. The second kappa shape index (κ2) is 9.82. The number of benzene rings is 2. The van der Waals surface area contributed by atoms with E-state index < -0.39 is 12.0 Å². The average Bonchev–Trinajstić information content (AvgIpc) is 2.63. The van der Waals surface area contributed by atoms with Crippen molar-refractivity contribution in [2.75, 3.05) is 7.11 Å². The molecule has 5 heteroatoms. The molecule has 0 radical (unpaired) electrons. The van der Waals surface area contributed by atoms with Crippen LogP contribution in [0.25, 0.3) is 0 Å². The van der Waals surface area contributed by atoms with E-state index in [0.29, 0.717) is 37.0 Å². The third-order valence-corrected chi connectivity index (χ3v) is 4.02. The van der Waals surface area contributed by atoms with Gasteiger partial charge in [0, 0.05) is 6.54 Å². The minimum absolute atomic E-state index is 0.309. The van der Waals surface area contributed by atoms with E-state index in [1.165, 1.54) is 0 Å². The molecule has 26 heavy (non-hydrogen) atoms. The molecule has 5 nitrogen and oxygen atoms in total. The fourth-order valence-electron chi connectivity index (χ4n) is 2.66. The first kappa shape index (κ1) is 19.8. The molecule has 0 saturated heterocycles. The molecule has 0 saturated carbocycles. The Morgan fingerprint density at radius 1 is 1.08 bits per heavy atom. The van der Waals surface area contributed by atoms with Crippen molar-refractivity contribution in [2.45, 2.75) is 39.5 Å². The Kier molecular flexibility index (Phi) is 7.48. The fourth-order valence-corrected chi connectivity index (χ4v) is 2.66. The van der Waals surface area contributed by atoms with Crippen LogP contribution >= 0.6 is 0 Å². The summed E-state index contributed by atoms with van der Waals surface area (Å²) in [7, 11) is 1.60. The molecule has 0 amide bonds. The van der Waals surface area contributed by atoms with Crippen LogP contribution in [-0.4, -0.2) is 24.2 Å². The lowest BCUT2D eigenvalue weighted by atomic mass is 10.0. The smallest absolute Gasteiger partial charge is 0.320 e. The Labute approximate surface area is 155 Å². The van der Waals surface area contributed by atoms with Gasteiger partial charge in [-0.1, -0.05) is 50.2 Å². The van der Waals surface area contributed by atoms with Crippen molar-refractivity contribution in [1.29, 1.82) is 0 Å². The first-order valence-corrected chi connectivity index (χ1v) is 8.79. The third-order valence-electron chi connectivity index (χ3n) is 4.02. The highest BCUT2D eigenvalue weighted by Crippen LogP contribution is 2.29. The highest BCUT2D eigenvalue weighted by molar-refractivity contribution is 5.73. The number of methoxy groups -OCH3 is 1. The van der Waals surface area contributed by atoms with Gasteiger partial charge in [-0.05, 0) is 35.6 Å². The van der Waals surface area contributed by atoms with Gasteiger partial charge >= 0.3 is 5.97 Å². The largest absolute Gasteiger partial charge is 0.493 e. The molecule has 0 aliphatic heterocycles. The number of aliphatic carboxylic acids is 1. The maximum absolute atomic E-state index is 11.4. The van der Waals surface area contributed by atoms with Crippen molar-refractivity contribution in [3.63, 3.8) is 0 Å². The van der Waals surface area contributed by atoms with Crippen molar-refractivity contribution in [1.82, 2.24) is 5.32 Å². The van der Waals surface area contributed by atoms with Crippen LogP contribution in [-0.2, 0) is 17.9 Å². The number of nitrogens with one attached hydrogen (secondary N) is 1. The molecule has 0 aromatic heterocycles. The molecule has 0 spiro atoms. The van der Waals surface area contributed by atoms with E-state index >= 15 is 0 Å². The molecule has 0 heterocycles. The van der Waals surface area contributed by atoms with Crippen molar-refractivity contribution in [3.8, 4) is 11.5 Å². The van der Waals surface area contributed by atoms with Gasteiger partial charge in [0.1, 0.15) is 12.6 Å². The van der Waals surface area contributed by atoms with E-state index in [9.17, 15) is 9.90 Å². The molecule has 0 aliphatic carbocycles. The maximum atomic E-state index is 11.4. The number of rotatable bonds is 10. The minimum atomic E-state index is -0.826. The summed E-state index contributed by atoms with van der Waals surface area (Å²) in [6, 6.07) is 15.0. The van der Waals surface area contributed by atoms with Crippen molar-refractivity contribution >= 4 is 5.97 Å². The average molecular weight is 357 g/mol. The summed E-state index contributed by atoms with van der Waals surface area (Å²) in [5.41, 5.74) is 2.02. The molecule has 0 bridgehead atoms. The number of ether oxygens (including phenoxy) is 2. The Morgan fingerprint density at radius 3 is 2.42 bits per heavy atom. The van der Waals surface area contributed by atoms with Crippen LogP contribution in [0.15, 0.2) is 48.5 Å². The zero-order valence-electron chi connectivity index (χ0n) is 15.6. The lowest BCUT2D eigenvalue weighted by molar-refractivity contribution is -0.140. The van der Waals surface area contributed by atoms with Crippen LogP contribution in [0, 0.1) is 5.92 Å². The predicted octanol–water partition coefficient (Wildman–Crippen LogP) is 3.86. The van der Waals surface area contributed by atoms with E-state index in [4.69, 9.17) is 9.47 Å². The molecule has 2 aromatic carbocycles. The molecule has 0 fully saturated rings. The van der Waals surface area contributed by atoms with Crippen molar-refractivity contribution in [3.05, 3.63) is 59.7 Å². The fraction of sp³-hybridized carbons (Fsp3) is 0.381. The minimum Gasteiger partial charge on any atom is -0.493 e. The molecule has 1 atom stereocenters. The van der Waals surface area contributed by atoms with Crippen LogP contribution in [0.3, 0.4) is 0 Å². The van der Waals surface area contributed by atoms with Crippen LogP contribution in [0.4, 0.5) is 0 Å². The van der Waals surface area contributed by atoms with E-state index in [2.05, 4.69) is 5.32 Å². The zero-order valence-corrected chi connectivity index (χ0v) is 15.6. The first-order chi connectivity index (χ1) is 12.5. The second-order valence-electron chi connectivity index (χ2n) is 6.66. The van der Waals surface area contributed by atoms with E-state index in [1.807, 2.05) is 62.4 Å². The lowest BCUT2D eigenvalue weighted by Crippen LogP contribution is -2.37. The summed E-state index contributed by atoms with van der Waals surface area (Å²) in [5.74, 6) is 0.782. The molecule has 2 aromatic rings. The van der Waals surface area contributed by atoms with E-state index in [0.717, 1.165) is 11.1 Å². The number of hydrogen-bond donors (Lipinski definition) is 2. The summed E-state index contributed by atoms with van der Waals surface area (Å²) in [5, 5.41) is 12.4. The zero-order chi connectivity index (χ0) is 18.9. The molecular weight excluding hydrogens is 330 g/mol. The summed E-state index contributed by atoms with van der Waals surface area (Å²) in [6.45, 7) is 4.93. The number of hydrogen-bond acceptors (Lipinski definition) is 4. The topological polar surface area (TPSA) is 67.8 Å². The quantitative estimate of drug-likeness (QED) is 0.676. The van der Waals surface area contributed by atoms with Gasteiger partial charge in [0.2, 0.25) is 0 Å². The molecule has 0 unspecified atom stereocenters. The van der Waals surface area contributed by atoms with Gasteiger partial charge in [0.05, 0.1) is 7.11 Å². The van der Waals surface area contributed by atoms with E-state index in [-0.39, 0.29) is 0 Å². The highest BCUT2D eigenvalue weighted by atomic mass is 16.5. The standard InChI is InChI=1S/C21H27NO4/c1-15(2)11-18(21(23)24)22-13-17-9-10-19(25-3)20(12-17)26-14-16-7-5-4-6-8-16/h4-10,12,15,18,22H,11,13-14H2,1-3H3,(H,23,24)/t18-/m1/s1. The molecule has 2 rings (SSSR count). The SMILES string of the molecule is COc1ccc(CN[C@H](CC(C)C)C(=O)O)cc1OCc1ccccc1. The molecule has 140 valence electrons. The van der Waals surface area contributed by atoms with Gasteiger partial charge in [-0.2, -0.15) is 0 Å². The Morgan fingerprint density at radius 2 is 1.81 bits per heavy atom. The third kappa shape index (κ3) is 6.08. The van der Waals surface area contributed by atoms with Gasteiger partial charge < -0.3 is 19.9 Å². The van der Waals surface area contributed by atoms with Crippen molar-refractivity contribution in [2.24, 2.45) is 5.92 Å². The Balaban J connectivity index is 2.04. The molecule has 2 N–H and O–H groups in total. The van der Waals surface area contributed by atoms with Crippen LogP contribution in [0.1, 0.15) is 31.4 Å². The number of carbonyl (C=O) groups is 1. The monoisotopic (exact) mass is 357 g/mol. The Hall–Kier alpha value is -2.53. The highest BCUT2D eigenvalue weighted by Gasteiger charge is 2.18. The summed E-state index contributed by atoms with van der Waals surface area (Å²) >= 11 is 0. The lowest BCUT2D eigenvalue weighted by Gasteiger charge is -2.17. The summed E-state index contributed by atoms with van der Waals surface area (Å²) < 4.78 is 11.3. The molecule has 0 aliphatic rings. The van der Waals surface area contributed by atoms with E-state index in [1.54, 1.807) is 7.11 Å². The van der Waals surface area contributed by atoms with Gasteiger partial charge in [0.15, 0.2) is 11.5 Å². The maximum Gasteiger partial charge on any atom is 0.320 e. The first-order valence-electron chi connectivity index (χ1n) is 8.79. The van der Waals surface area contributed by atoms with Gasteiger partial charge in [0.25, 0.3) is 0 Å². The van der Waals surface area contributed by atoms with Crippen LogP contribution in [0.2, 0.25) is 0 Å². The summed E-state index contributed by atoms with van der Waals surface area (Å²) in [6.07, 6.45) is 0.586.